The lowest BCUT2D eigenvalue weighted by Crippen LogP contribution is -2.29. The lowest BCUT2D eigenvalue weighted by molar-refractivity contribution is -0.132. The largest absolute Gasteiger partial charge is 0.507 e. The fraction of sp³-hybridized carbons (Fsp3) is 0.125. The number of benzene rings is 2. The van der Waals surface area contributed by atoms with E-state index < -0.39 is 17.7 Å². The average molecular weight is 446 g/mol. The highest BCUT2D eigenvalue weighted by molar-refractivity contribution is 7.22. The number of anilines is 1. The summed E-state index contributed by atoms with van der Waals surface area (Å²) < 4.78 is 11.7. The van der Waals surface area contributed by atoms with Gasteiger partial charge in [0.2, 0.25) is 0 Å². The van der Waals surface area contributed by atoms with Crippen LogP contribution in [0.2, 0.25) is 0 Å². The summed E-state index contributed by atoms with van der Waals surface area (Å²) in [6.07, 6.45) is 1.46. The lowest BCUT2D eigenvalue weighted by atomic mass is 9.99. The first-order valence-corrected chi connectivity index (χ1v) is 10.7. The maximum Gasteiger partial charge on any atom is 0.302 e. The predicted molar refractivity (Wildman–Crippen MR) is 121 cm³/mol. The number of fused-ring (bicyclic) bond motifs is 1. The highest BCUT2D eigenvalue weighted by Gasteiger charge is 2.49. The Morgan fingerprint density at radius 1 is 1.16 bits per heavy atom. The number of furan rings is 1. The third-order valence-electron chi connectivity index (χ3n) is 5.34. The van der Waals surface area contributed by atoms with Gasteiger partial charge in [0.05, 0.1) is 29.2 Å². The Kier molecular flexibility index (Phi) is 4.79. The molecule has 0 radical (unpaired) electrons. The molecule has 0 bridgehead atoms. The Bertz CT molecular complexity index is 1390. The van der Waals surface area contributed by atoms with E-state index in [0.717, 1.165) is 15.8 Å². The van der Waals surface area contributed by atoms with Crippen LogP contribution in [0.5, 0.6) is 5.75 Å². The molecule has 1 aliphatic heterocycles. The number of carbonyl (C=O) groups is 2. The van der Waals surface area contributed by atoms with Gasteiger partial charge in [-0.2, -0.15) is 0 Å². The number of Topliss-reactive ketones (excluding diaryl/α,β-unsaturated/α-hetero) is 1. The van der Waals surface area contributed by atoms with Crippen molar-refractivity contribution < 1.29 is 23.8 Å². The summed E-state index contributed by atoms with van der Waals surface area (Å²) in [4.78, 5) is 32.2. The number of aliphatic hydroxyl groups is 1. The van der Waals surface area contributed by atoms with Crippen molar-refractivity contribution in [2.45, 2.75) is 13.0 Å². The number of aromatic nitrogens is 1. The molecule has 4 aromatic rings. The second-order valence-electron chi connectivity index (χ2n) is 7.38. The van der Waals surface area contributed by atoms with Crippen molar-refractivity contribution >= 4 is 44.1 Å². The number of hydrogen-bond acceptors (Lipinski definition) is 7. The van der Waals surface area contributed by atoms with Crippen molar-refractivity contribution in [1.29, 1.82) is 0 Å². The number of amides is 1. The Labute approximate surface area is 187 Å². The Hall–Kier alpha value is -3.91. The second-order valence-corrected chi connectivity index (χ2v) is 8.39. The number of thiazole rings is 1. The minimum absolute atomic E-state index is 0.0614. The van der Waals surface area contributed by atoms with Gasteiger partial charge in [-0.05, 0) is 48.9 Å². The first-order chi connectivity index (χ1) is 15.5. The summed E-state index contributed by atoms with van der Waals surface area (Å²) in [5.74, 6) is -1.01. The Morgan fingerprint density at radius 3 is 2.75 bits per heavy atom. The first kappa shape index (κ1) is 20.0. The van der Waals surface area contributed by atoms with Crippen molar-refractivity contribution in [2.24, 2.45) is 0 Å². The number of carbonyl (C=O) groups excluding carboxylic acids is 2. The van der Waals surface area contributed by atoms with Crippen LogP contribution < -0.4 is 9.64 Å². The SMILES string of the molecule is COc1cccc(/C(O)=C2\C(=O)C(=O)N(c3nc4ccc(C)cc4s3)C2c2ccco2)c1. The third-order valence-corrected chi connectivity index (χ3v) is 6.36. The van der Waals surface area contributed by atoms with Crippen LogP contribution >= 0.6 is 11.3 Å². The summed E-state index contributed by atoms with van der Waals surface area (Å²) in [6.45, 7) is 1.97. The number of nitrogens with zero attached hydrogens (tertiary/aromatic N) is 2. The Balaban J connectivity index is 1.71. The molecule has 7 nitrogen and oxygen atoms in total. The number of hydrogen-bond donors (Lipinski definition) is 1. The van der Waals surface area contributed by atoms with Crippen LogP contribution in [0.1, 0.15) is 22.9 Å². The topological polar surface area (TPSA) is 92.9 Å². The highest BCUT2D eigenvalue weighted by Crippen LogP contribution is 2.44. The molecule has 1 N–H and O–H groups in total. The fourth-order valence-corrected chi connectivity index (χ4v) is 4.88. The van der Waals surface area contributed by atoms with Gasteiger partial charge in [-0.3, -0.25) is 14.5 Å². The van der Waals surface area contributed by atoms with E-state index in [9.17, 15) is 14.7 Å². The van der Waals surface area contributed by atoms with E-state index in [-0.39, 0.29) is 11.3 Å². The predicted octanol–water partition coefficient (Wildman–Crippen LogP) is 4.83. The summed E-state index contributed by atoms with van der Waals surface area (Å²) in [5, 5.41) is 11.5. The number of ether oxygens (including phenoxy) is 1. The van der Waals surface area contributed by atoms with Gasteiger partial charge >= 0.3 is 5.91 Å². The summed E-state index contributed by atoms with van der Waals surface area (Å²) in [7, 11) is 1.51. The molecule has 1 aliphatic rings. The van der Waals surface area contributed by atoms with Crippen LogP contribution in [0.3, 0.4) is 0 Å². The molecule has 2 aromatic heterocycles. The molecule has 1 saturated heterocycles. The minimum Gasteiger partial charge on any atom is -0.507 e. The quantitative estimate of drug-likeness (QED) is 0.274. The average Bonchev–Trinajstić information content (AvgIpc) is 3.52. The number of aliphatic hydroxyl groups excluding tert-OH is 1. The van der Waals surface area contributed by atoms with Crippen LogP contribution in [0.4, 0.5) is 5.13 Å². The zero-order valence-electron chi connectivity index (χ0n) is 17.2. The summed E-state index contributed by atoms with van der Waals surface area (Å²) >= 11 is 1.31. The molecule has 1 fully saturated rings. The molecule has 1 atom stereocenters. The van der Waals surface area contributed by atoms with Crippen LogP contribution in [-0.2, 0) is 9.59 Å². The first-order valence-electron chi connectivity index (χ1n) is 9.84. The van der Waals surface area contributed by atoms with E-state index in [2.05, 4.69) is 4.98 Å². The molecule has 1 amide bonds. The third kappa shape index (κ3) is 3.16. The maximum absolute atomic E-state index is 13.2. The van der Waals surface area contributed by atoms with Crippen molar-refractivity contribution in [3.63, 3.8) is 0 Å². The monoisotopic (exact) mass is 446 g/mol. The molecule has 0 spiro atoms. The summed E-state index contributed by atoms with van der Waals surface area (Å²) in [5.41, 5.74) is 2.09. The van der Waals surface area contributed by atoms with E-state index in [1.165, 1.54) is 29.6 Å². The molecule has 32 heavy (non-hydrogen) atoms. The van der Waals surface area contributed by atoms with Crippen molar-refractivity contribution in [2.75, 3.05) is 12.0 Å². The van der Waals surface area contributed by atoms with E-state index in [1.54, 1.807) is 36.4 Å². The van der Waals surface area contributed by atoms with Crippen molar-refractivity contribution in [1.82, 2.24) is 4.98 Å². The fourth-order valence-electron chi connectivity index (χ4n) is 3.79. The smallest absolute Gasteiger partial charge is 0.302 e. The van der Waals surface area contributed by atoms with Crippen LogP contribution in [-0.4, -0.2) is 28.9 Å². The molecular weight excluding hydrogens is 428 g/mol. The second kappa shape index (κ2) is 7.65. The van der Waals surface area contributed by atoms with Gasteiger partial charge in [0.1, 0.15) is 23.3 Å². The molecule has 0 saturated carbocycles. The van der Waals surface area contributed by atoms with Gasteiger partial charge in [0, 0.05) is 5.56 Å². The van der Waals surface area contributed by atoms with E-state index in [0.29, 0.717) is 22.2 Å². The molecule has 2 aromatic carbocycles. The molecule has 160 valence electrons. The lowest BCUT2D eigenvalue weighted by Gasteiger charge is -2.20. The molecule has 1 unspecified atom stereocenters. The highest BCUT2D eigenvalue weighted by atomic mass is 32.1. The summed E-state index contributed by atoms with van der Waals surface area (Å²) in [6, 6.07) is 14.8. The van der Waals surface area contributed by atoms with Gasteiger partial charge in [0.25, 0.3) is 5.78 Å². The number of ketones is 1. The van der Waals surface area contributed by atoms with Crippen LogP contribution in [0.15, 0.2) is 70.9 Å². The molecule has 3 heterocycles. The van der Waals surface area contributed by atoms with Crippen molar-refractivity contribution in [3.05, 3.63) is 83.3 Å². The van der Waals surface area contributed by atoms with Gasteiger partial charge < -0.3 is 14.3 Å². The standard InChI is InChI=1S/C24H18N2O5S/c1-13-8-9-16-18(11-13)32-24(25-16)26-20(17-7-4-10-31-17)19(22(28)23(26)29)21(27)14-5-3-6-15(12-14)30-2/h3-12,20,27H,1-2H3/b21-19+. The van der Waals surface area contributed by atoms with E-state index in [1.807, 2.05) is 25.1 Å². The van der Waals surface area contributed by atoms with E-state index in [4.69, 9.17) is 9.15 Å². The normalized spacial score (nSPS) is 17.9. The number of methoxy groups -OCH3 is 1. The zero-order chi connectivity index (χ0) is 22.4. The van der Waals surface area contributed by atoms with Gasteiger partial charge in [-0.1, -0.05) is 29.5 Å². The van der Waals surface area contributed by atoms with E-state index >= 15 is 0 Å². The number of rotatable bonds is 4. The van der Waals surface area contributed by atoms with Gasteiger partial charge in [-0.25, -0.2) is 4.98 Å². The molecular formula is C24H18N2O5S. The van der Waals surface area contributed by atoms with Crippen molar-refractivity contribution in [3.8, 4) is 5.75 Å². The number of aryl methyl sites for hydroxylation is 1. The van der Waals surface area contributed by atoms with Gasteiger partial charge in [-0.15, -0.1) is 0 Å². The Morgan fingerprint density at radius 2 is 2.00 bits per heavy atom. The molecule has 0 aliphatic carbocycles. The van der Waals surface area contributed by atoms with Crippen LogP contribution in [0, 0.1) is 6.92 Å². The zero-order valence-corrected chi connectivity index (χ0v) is 18.1. The van der Waals surface area contributed by atoms with Crippen LogP contribution in [0.25, 0.3) is 16.0 Å². The molecule has 5 rings (SSSR count). The minimum atomic E-state index is -0.946. The maximum atomic E-state index is 13.2. The molecule has 8 heteroatoms. The van der Waals surface area contributed by atoms with Gasteiger partial charge in [0.15, 0.2) is 5.13 Å².